The third kappa shape index (κ3) is 4.65. The molecule has 98 valence electrons. The van der Waals surface area contributed by atoms with Crippen molar-refractivity contribution < 1.29 is 5.11 Å². The maximum Gasteiger partial charge on any atom is 0.100 e. The smallest absolute Gasteiger partial charge is 0.100 e. The molecule has 2 N–H and O–H groups in total. The molecule has 1 aromatic carbocycles. The van der Waals surface area contributed by atoms with E-state index in [1.807, 2.05) is 31.1 Å². The molecular formula is C13H18BrN3O. The average molecular weight is 312 g/mol. The SMILES string of the molecule is CN(C)CC(C)(O)CNc1ccc(C#N)c(Br)c1. The van der Waals surface area contributed by atoms with Gasteiger partial charge in [-0.25, -0.2) is 0 Å². The van der Waals surface area contributed by atoms with Gasteiger partial charge in [-0.2, -0.15) is 5.26 Å². The molecule has 0 aliphatic rings. The summed E-state index contributed by atoms with van der Waals surface area (Å²) in [5, 5.41) is 22.1. The van der Waals surface area contributed by atoms with Gasteiger partial charge in [0.25, 0.3) is 0 Å². The Bertz CT molecular complexity index is 452. The van der Waals surface area contributed by atoms with Crippen molar-refractivity contribution in [2.24, 2.45) is 0 Å². The summed E-state index contributed by atoms with van der Waals surface area (Å²) >= 11 is 3.33. The van der Waals surface area contributed by atoms with Gasteiger partial charge in [0.1, 0.15) is 6.07 Å². The van der Waals surface area contributed by atoms with Gasteiger partial charge in [-0.05, 0) is 55.1 Å². The molecule has 5 heteroatoms. The number of rotatable bonds is 5. The number of hydrogen-bond acceptors (Lipinski definition) is 4. The van der Waals surface area contributed by atoms with E-state index in [0.29, 0.717) is 18.7 Å². The predicted molar refractivity (Wildman–Crippen MR) is 76.5 cm³/mol. The van der Waals surface area contributed by atoms with Gasteiger partial charge in [-0.15, -0.1) is 0 Å². The zero-order valence-electron chi connectivity index (χ0n) is 10.9. The van der Waals surface area contributed by atoms with E-state index in [2.05, 4.69) is 27.3 Å². The third-order valence-electron chi connectivity index (χ3n) is 2.42. The summed E-state index contributed by atoms with van der Waals surface area (Å²) in [5.41, 5.74) is 0.671. The number of aliphatic hydroxyl groups is 1. The molecule has 1 rings (SSSR count). The second-order valence-electron chi connectivity index (χ2n) is 4.89. The van der Waals surface area contributed by atoms with Gasteiger partial charge in [0.05, 0.1) is 11.2 Å². The van der Waals surface area contributed by atoms with E-state index >= 15 is 0 Å². The second kappa shape index (κ2) is 6.19. The van der Waals surface area contributed by atoms with Crippen LogP contribution in [0.1, 0.15) is 12.5 Å². The molecule has 0 aromatic heterocycles. The molecule has 1 aromatic rings. The molecule has 1 atom stereocenters. The van der Waals surface area contributed by atoms with E-state index in [9.17, 15) is 5.11 Å². The summed E-state index contributed by atoms with van der Waals surface area (Å²) in [6.45, 7) is 2.82. The first kappa shape index (κ1) is 15.0. The highest BCUT2D eigenvalue weighted by molar-refractivity contribution is 9.10. The summed E-state index contributed by atoms with van der Waals surface area (Å²) < 4.78 is 0.752. The molecule has 0 radical (unpaired) electrons. The quantitative estimate of drug-likeness (QED) is 0.873. The van der Waals surface area contributed by atoms with Gasteiger partial charge in [-0.1, -0.05) is 0 Å². The van der Waals surface area contributed by atoms with Crippen molar-refractivity contribution in [1.29, 1.82) is 5.26 Å². The van der Waals surface area contributed by atoms with Crippen LogP contribution in [0.3, 0.4) is 0 Å². The number of benzene rings is 1. The van der Waals surface area contributed by atoms with Crippen molar-refractivity contribution in [2.75, 3.05) is 32.5 Å². The van der Waals surface area contributed by atoms with Gasteiger partial charge in [0, 0.05) is 23.2 Å². The van der Waals surface area contributed by atoms with Crippen LogP contribution in [0.15, 0.2) is 22.7 Å². The largest absolute Gasteiger partial charge is 0.387 e. The Kier molecular flexibility index (Phi) is 5.15. The molecule has 0 saturated carbocycles. The van der Waals surface area contributed by atoms with Crippen molar-refractivity contribution in [3.63, 3.8) is 0 Å². The fraction of sp³-hybridized carbons (Fsp3) is 0.462. The molecule has 0 saturated heterocycles. The van der Waals surface area contributed by atoms with Crippen molar-refractivity contribution in [2.45, 2.75) is 12.5 Å². The monoisotopic (exact) mass is 311 g/mol. The van der Waals surface area contributed by atoms with Gasteiger partial charge in [0.2, 0.25) is 0 Å². The average Bonchev–Trinajstić information content (AvgIpc) is 2.25. The van der Waals surface area contributed by atoms with E-state index in [0.717, 1.165) is 10.2 Å². The van der Waals surface area contributed by atoms with E-state index < -0.39 is 5.60 Å². The predicted octanol–water partition coefficient (Wildman–Crippen LogP) is 2.05. The summed E-state index contributed by atoms with van der Waals surface area (Å²) in [6.07, 6.45) is 0. The highest BCUT2D eigenvalue weighted by Gasteiger charge is 2.20. The van der Waals surface area contributed by atoms with Crippen LogP contribution < -0.4 is 5.32 Å². The maximum atomic E-state index is 10.1. The molecule has 0 amide bonds. The summed E-state index contributed by atoms with van der Waals surface area (Å²) in [5.74, 6) is 0. The number of anilines is 1. The Morgan fingerprint density at radius 1 is 1.50 bits per heavy atom. The van der Waals surface area contributed by atoms with Crippen molar-refractivity contribution >= 4 is 21.6 Å². The normalized spacial score (nSPS) is 14.1. The number of nitrogens with zero attached hydrogens (tertiary/aromatic N) is 2. The first-order valence-corrected chi connectivity index (χ1v) is 6.44. The van der Waals surface area contributed by atoms with Gasteiger partial charge >= 0.3 is 0 Å². The van der Waals surface area contributed by atoms with E-state index in [1.165, 1.54) is 0 Å². The van der Waals surface area contributed by atoms with Crippen molar-refractivity contribution in [1.82, 2.24) is 4.90 Å². The molecule has 0 bridgehead atoms. The van der Waals surface area contributed by atoms with E-state index in [-0.39, 0.29) is 0 Å². The molecule has 0 aliphatic carbocycles. The van der Waals surface area contributed by atoms with Crippen LogP contribution in [0.25, 0.3) is 0 Å². The number of nitriles is 1. The Labute approximate surface area is 116 Å². The lowest BCUT2D eigenvalue weighted by Crippen LogP contribution is -2.43. The standard InChI is InChI=1S/C13H18BrN3O/c1-13(18,9-17(2)3)8-16-11-5-4-10(7-15)12(14)6-11/h4-6,16,18H,8-9H2,1-3H3. The van der Waals surface area contributed by atoms with Crippen LogP contribution in [-0.2, 0) is 0 Å². The minimum absolute atomic E-state index is 0.448. The number of likely N-dealkylation sites (N-methyl/N-ethyl adjacent to an activating group) is 1. The fourth-order valence-electron chi connectivity index (χ4n) is 1.75. The first-order chi connectivity index (χ1) is 8.34. The van der Waals surface area contributed by atoms with Crippen molar-refractivity contribution in [3.05, 3.63) is 28.2 Å². The lowest BCUT2D eigenvalue weighted by atomic mass is 10.1. The molecular weight excluding hydrogens is 294 g/mol. The zero-order valence-corrected chi connectivity index (χ0v) is 12.5. The highest BCUT2D eigenvalue weighted by atomic mass is 79.9. The zero-order chi connectivity index (χ0) is 13.8. The molecule has 4 nitrogen and oxygen atoms in total. The highest BCUT2D eigenvalue weighted by Crippen LogP contribution is 2.21. The van der Waals surface area contributed by atoms with E-state index in [1.54, 1.807) is 13.0 Å². The minimum atomic E-state index is -0.802. The van der Waals surface area contributed by atoms with E-state index in [4.69, 9.17) is 5.26 Å². The lowest BCUT2D eigenvalue weighted by molar-refractivity contribution is 0.0460. The molecule has 0 aliphatic heterocycles. The molecule has 18 heavy (non-hydrogen) atoms. The Morgan fingerprint density at radius 3 is 2.67 bits per heavy atom. The lowest BCUT2D eigenvalue weighted by Gasteiger charge is -2.27. The minimum Gasteiger partial charge on any atom is -0.387 e. The second-order valence-corrected chi connectivity index (χ2v) is 5.75. The van der Waals surface area contributed by atoms with Crippen LogP contribution in [0.2, 0.25) is 0 Å². The fourth-order valence-corrected chi connectivity index (χ4v) is 2.21. The third-order valence-corrected chi connectivity index (χ3v) is 3.08. The van der Waals surface area contributed by atoms with Crippen LogP contribution in [0, 0.1) is 11.3 Å². The molecule has 1 unspecified atom stereocenters. The number of nitrogens with one attached hydrogen (secondary N) is 1. The Morgan fingerprint density at radius 2 is 2.17 bits per heavy atom. The van der Waals surface area contributed by atoms with Gasteiger partial charge in [-0.3, -0.25) is 0 Å². The van der Waals surface area contributed by atoms with Gasteiger partial charge in [0.15, 0.2) is 0 Å². The Balaban J connectivity index is 2.64. The van der Waals surface area contributed by atoms with Crippen molar-refractivity contribution in [3.8, 4) is 6.07 Å². The number of halogens is 1. The Hall–Kier alpha value is -1.09. The van der Waals surface area contributed by atoms with Crippen LogP contribution >= 0.6 is 15.9 Å². The molecule has 0 fully saturated rings. The van der Waals surface area contributed by atoms with Crippen LogP contribution in [-0.4, -0.2) is 42.8 Å². The summed E-state index contributed by atoms with van der Waals surface area (Å²) in [7, 11) is 3.85. The van der Waals surface area contributed by atoms with Crippen LogP contribution in [0.5, 0.6) is 0 Å². The molecule has 0 spiro atoms. The first-order valence-electron chi connectivity index (χ1n) is 5.65. The van der Waals surface area contributed by atoms with Gasteiger partial charge < -0.3 is 15.3 Å². The maximum absolute atomic E-state index is 10.1. The summed E-state index contributed by atoms with van der Waals surface area (Å²) in [6, 6.07) is 7.50. The topological polar surface area (TPSA) is 59.3 Å². The van der Waals surface area contributed by atoms with Crippen LogP contribution in [0.4, 0.5) is 5.69 Å². The summed E-state index contributed by atoms with van der Waals surface area (Å²) in [4.78, 5) is 1.94. The number of hydrogen-bond donors (Lipinski definition) is 2. The molecule has 0 heterocycles.